The highest BCUT2D eigenvalue weighted by Gasteiger charge is 2.18. The summed E-state index contributed by atoms with van der Waals surface area (Å²) in [6.45, 7) is 4.02. The van der Waals surface area contributed by atoms with E-state index in [1.165, 1.54) is 5.56 Å². The number of hydrogen-bond acceptors (Lipinski definition) is 6. The molecule has 1 aliphatic heterocycles. The summed E-state index contributed by atoms with van der Waals surface area (Å²) in [5.41, 5.74) is 3.00. The molecule has 0 bridgehead atoms. The second kappa shape index (κ2) is 7.80. The van der Waals surface area contributed by atoms with E-state index < -0.39 is 0 Å². The normalized spacial score (nSPS) is 14.9. The molecule has 140 valence electrons. The summed E-state index contributed by atoms with van der Waals surface area (Å²) in [7, 11) is 1.66. The number of hydrogen-bond donors (Lipinski definition) is 2. The molecule has 2 aromatic carbocycles. The van der Waals surface area contributed by atoms with Crippen molar-refractivity contribution in [1.82, 2.24) is 15.3 Å². The Balaban J connectivity index is 1.70. The number of nitrogens with one attached hydrogen (secondary N) is 2. The molecule has 0 spiro atoms. The zero-order chi connectivity index (χ0) is 18.6. The zero-order valence-electron chi connectivity index (χ0n) is 15.7. The maximum Gasteiger partial charge on any atom is 0.162 e. The molecule has 0 aliphatic carbocycles. The van der Waals surface area contributed by atoms with Crippen molar-refractivity contribution in [3.63, 3.8) is 0 Å². The summed E-state index contributed by atoms with van der Waals surface area (Å²) < 4.78 is 11.8. The van der Waals surface area contributed by atoms with Crippen molar-refractivity contribution in [3.8, 4) is 11.5 Å². The third kappa shape index (κ3) is 3.95. The number of nitrogens with zero attached hydrogens (tertiary/aromatic N) is 2. The third-order valence-electron chi connectivity index (χ3n) is 4.78. The molecular formula is C21H24N4O2. The molecule has 6 nitrogen and oxygen atoms in total. The lowest BCUT2D eigenvalue weighted by atomic mass is 10.1. The van der Waals surface area contributed by atoms with E-state index >= 15 is 0 Å². The Bertz CT molecular complexity index is 939. The molecule has 3 aromatic rings. The molecule has 0 atom stereocenters. The van der Waals surface area contributed by atoms with Crippen molar-refractivity contribution in [2.24, 2.45) is 0 Å². The van der Waals surface area contributed by atoms with Crippen molar-refractivity contribution in [2.75, 3.05) is 25.5 Å². The zero-order valence-corrected chi connectivity index (χ0v) is 15.7. The Morgan fingerprint density at radius 3 is 2.70 bits per heavy atom. The lowest BCUT2D eigenvalue weighted by molar-refractivity contribution is 0.157. The van der Waals surface area contributed by atoms with Gasteiger partial charge in [-0.3, -0.25) is 0 Å². The van der Waals surface area contributed by atoms with E-state index in [0.717, 1.165) is 54.1 Å². The van der Waals surface area contributed by atoms with E-state index in [2.05, 4.69) is 39.7 Å². The van der Waals surface area contributed by atoms with Crippen LogP contribution in [0.3, 0.4) is 0 Å². The Labute approximate surface area is 158 Å². The van der Waals surface area contributed by atoms with Crippen LogP contribution in [0.5, 0.6) is 11.5 Å². The molecule has 1 saturated heterocycles. The van der Waals surface area contributed by atoms with Crippen LogP contribution in [0.1, 0.15) is 18.4 Å². The number of ether oxygens (including phenoxy) is 2. The van der Waals surface area contributed by atoms with E-state index in [4.69, 9.17) is 9.47 Å². The van der Waals surface area contributed by atoms with Gasteiger partial charge in [0.2, 0.25) is 0 Å². The Kier molecular flexibility index (Phi) is 5.07. The van der Waals surface area contributed by atoms with Gasteiger partial charge in [-0.15, -0.1) is 0 Å². The van der Waals surface area contributed by atoms with Gasteiger partial charge in [-0.2, -0.15) is 0 Å². The maximum absolute atomic E-state index is 6.26. The van der Waals surface area contributed by atoms with Crippen LogP contribution in [0.2, 0.25) is 0 Å². The summed E-state index contributed by atoms with van der Waals surface area (Å²) in [5, 5.41) is 7.66. The minimum Gasteiger partial charge on any atom is -0.493 e. The molecule has 0 unspecified atom stereocenters. The second-order valence-corrected chi connectivity index (χ2v) is 6.80. The fourth-order valence-corrected chi connectivity index (χ4v) is 3.37. The summed E-state index contributed by atoms with van der Waals surface area (Å²) in [5.74, 6) is 2.18. The number of anilines is 2. The predicted octanol–water partition coefficient (Wildman–Crippen LogP) is 3.82. The first kappa shape index (κ1) is 17.5. The highest BCUT2D eigenvalue weighted by Crippen LogP contribution is 2.36. The molecule has 27 heavy (non-hydrogen) atoms. The minimum atomic E-state index is 0.190. The van der Waals surface area contributed by atoms with Crippen molar-refractivity contribution >= 4 is 22.4 Å². The number of methoxy groups -OCH3 is 1. The van der Waals surface area contributed by atoms with Crippen LogP contribution < -0.4 is 20.1 Å². The first-order valence-corrected chi connectivity index (χ1v) is 9.27. The molecule has 4 rings (SSSR count). The van der Waals surface area contributed by atoms with Crippen LogP contribution in [0.4, 0.5) is 11.5 Å². The van der Waals surface area contributed by atoms with Gasteiger partial charge in [0, 0.05) is 17.1 Å². The highest BCUT2D eigenvalue weighted by atomic mass is 16.5. The predicted molar refractivity (Wildman–Crippen MR) is 107 cm³/mol. The maximum atomic E-state index is 6.26. The van der Waals surface area contributed by atoms with Crippen LogP contribution in [0.25, 0.3) is 10.9 Å². The minimum absolute atomic E-state index is 0.190. The van der Waals surface area contributed by atoms with E-state index in [1.807, 2.05) is 24.3 Å². The second-order valence-electron chi connectivity index (χ2n) is 6.80. The lowest BCUT2D eigenvalue weighted by Gasteiger charge is -2.25. The SMILES string of the molecule is COc1cc2ncnc(Nc3cccc(C)c3)c2cc1OC1CCNCC1. The number of aromatic nitrogens is 2. The molecule has 1 fully saturated rings. The monoisotopic (exact) mass is 364 g/mol. The smallest absolute Gasteiger partial charge is 0.162 e. The number of piperidine rings is 1. The first-order valence-electron chi connectivity index (χ1n) is 9.27. The molecule has 2 heterocycles. The molecule has 2 N–H and O–H groups in total. The van der Waals surface area contributed by atoms with Crippen LogP contribution in [-0.4, -0.2) is 36.3 Å². The summed E-state index contributed by atoms with van der Waals surface area (Å²) >= 11 is 0. The van der Waals surface area contributed by atoms with Gasteiger partial charge in [0.1, 0.15) is 18.2 Å². The fraction of sp³-hybridized carbons (Fsp3) is 0.333. The third-order valence-corrected chi connectivity index (χ3v) is 4.78. The lowest BCUT2D eigenvalue weighted by Crippen LogP contribution is -2.34. The Morgan fingerprint density at radius 1 is 1.07 bits per heavy atom. The van der Waals surface area contributed by atoms with Crippen LogP contribution in [0.15, 0.2) is 42.7 Å². The van der Waals surface area contributed by atoms with Crippen molar-refractivity contribution in [3.05, 3.63) is 48.3 Å². The standard InChI is InChI=1S/C21H24N4O2/c1-14-4-3-5-15(10-14)25-21-17-11-20(27-16-6-8-22-9-7-16)19(26-2)12-18(17)23-13-24-21/h3-5,10-13,16,22H,6-9H2,1-2H3,(H,23,24,25). The number of rotatable bonds is 5. The largest absolute Gasteiger partial charge is 0.493 e. The average molecular weight is 364 g/mol. The molecular weight excluding hydrogens is 340 g/mol. The Hall–Kier alpha value is -2.86. The van der Waals surface area contributed by atoms with Gasteiger partial charge in [-0.25, -0.2) is 9.97 Å². The van der Waals surface area contributed by atoms with Crippen LogP contribution in [0, 0.1) is 6.92 Å². The van der Waals surface area contributed by atoms with Crippen molar-refractivity contribution in [1.29, 1.82) is 0 Å². The quantitative estimate of drug-likeness (QED) is 0.717. The fourth-order valence-electron chi connectivity index (χ4n) is 3.37. The summed E-state index contributed by atoms with van der Waals surface area (Å²) in [6, 6.07) is 12.1. The van der Waals surface area contributed by atoms with Gasteiger partial charge >= 0.3 is 0 Å². The van der Waals surface area contributed by atoms with Gasteiger partial charge < -0.3 is 20.1 Å². The molecule has 0 radical (unpaired) electrons. The Morgan fingerprint density at radius 2 is 1.93 bits per heavy atom. The van der Waals surface area contributed by atoms with Crippen LogP contribution >= 0.6 is 0 Å². The van der Waals surface area contributed by atoms with E-state index in [-0.39, 0.29) is 6.10 Å². The van der Waals surface area contributed by atoms with Gasteiger partial charge in [0.15, 0.2) is 11.5 Å². The van der Waals surface area contributed by atoms with Gasteiger partial charge in [-0.05, 0) is 56.6 Å². The average Bonchev–Trinajstić information content (AvgIpc) is 2.69. The van der Waals surface area contributed by atoms with E-state index in [0.29, 0.717) is 5.75 Å². The van der Waals surface area contributed by atoms with Gasteiger partial charge in [-0.1, -0.05) is 12.1 Å². The van der Waals surface area contributed by atoms with E-state index in [9.17, 15) is 0 Å². The van der Waals surface area contributed by atoms with Gasteiger partial charge in [0.05, 0.1) is 12.6 Å². The van der Waals surface area contributed by atoms with Crippen molar-refractivity contribution < 1.29 is 9.47 Å². The molecule has 1 aliphatic rings. The topological polar surface area (TPSA) is 68.3 Å². The van der Waals surface area contributed by atoms with Gasteiger partial charge in [0.25, 0.3) is 0 Å². The number of benzene rings is 2. The highest BCUT2D eigenvalue weighted by molar-refractivity contribution is 5.93. The summed E-state index contributed by atoms with van der Waals surface area (Å²) in [4.78, 5) is 8.85. The number of fused-ring (bicyclic) bond motifs is 1. The summed E-state index contributed by atoms with van der Waals surface area (Å²) in [6.07, 6.45) is 3.73. The molecule has 0 saturated carbocycles. The molecule has 6 heteroatoms. The first-order chi connectivity index (χ1) is 13.2. The molecule has 1 aromatic heterocycles. The van der Waals surface area contributed by atoms with Crippen LogP contribution in [-0.2, 0) is 0 Å². The van der Waals surface area contributed by atoms with Crippen molar-refractivity contribution in [2.45, 2.75) is 25.9 Å². The molecule has 0 amide bonds. The number of aryl methyl sites for hydroxylation is 1. The van der Waals surface area contributed by atoms with E-state index in [1.54, 1.807) is 13.4 Å².